The zero-order chi connectivity index (χ0) is 17.2. The summed E-state index contributed by atoms with van der Waals surface area (Å²) < 4.78 is 52.9. The van der Waals surface area contributed by atoms with Crippen molar-refractivity contribution in [2.75, 3.05) is 23.3 Å². The van der Waals surface area contributed by atoms with Crippen molar-refractivity contribution in [1.82, 2.24) is 4.98 Å². The van der Waals surface area contributed by atoms with Crippen LogP contribution < -0.4 is 10.2 Å². The minimum atomic E-state index is -4.42. The van der Waals surface area contributed by atoms with Crippen LogP contribution in [0.15, 0.2) is 42.6 Å². The Kier molecular flexibility index (Phi) is 4.59. The molecule has 1 aliphatic heterocycles. The molecule has 1 fully saturated rings. The molecular weight excluding hydrogens is 322 g/mol. The number of piperidine rings is 1. The molecule has 1 N–H and O–H groups in total. The third kappa shape index (κ3) is 3.60. The third-order valence-corrected chi connectivity index (χ3v) is 4.12. The van der Waals surface area contributed by atoms with Crippen LogP contribution in [0.25, 0.3) is 0 Å². The summed E-state index contributed by atoms with van der Waals surface area (Å²) in [6.07, 6.45) is -1.83. The number of alkyl halides is 3. The molecular formula is C17H17F4N3. The molecule has 0 aliphatic carbocycles. The molecule has 0 amide bonds. The van der Waals surface area contributed by atoms with Crippen molar-refractivity contribution < 1.29 is 17.6 Å². The molecule has 1 saturated heterocycles. The number of benzene rings is 1. The fourth-order valence-corrected chi connectivity index (χ4v) is 2.90. The number of nitrogens with one attached hydrogen (secondary N) is 1. The molecule has 0 saturated carbocycles. The van der Waals surface area contributed by atoms with Crippen LogP contribution in [0.5, 0.6) is 0 Å². The topological polar surface area (TPSA) is 28.2 Å². The molecule has 1 aliphatic rings. The summed E-state index contributed by atoms with van der Waals surface area (Å²) in [6, 6.07) is 8.75. The van der Waals surface area contributed by atoms with Gasteiger partial charge in [-0.05, 0) is 37.1 Å². The van der Waals surface area contributed by atoms with E-state index in [1.54, 1.807) is 23.1 Å². The standard InChI is InChI=1S/C17H17F4N3/c18-14-5-1-2-6-15(14)23-12-7-10-24(11-8-12)16-13(17(19,20)21)4-3-9-22-16/h1-6,9,12,23H,7-8,10-11H2. The maximum Gasteiger partial charge on any atom is 0.419 e. The summed E-state index contributed by atoms with van der Waals surface area (Å²) in [4.78, 5) is 5.56. The van der Waals surface area contributed by atoms with Gasteiger partial charge in [0.15, 0.2) is 0 Å². The molecule has 128 valence electrons. The van der Waals surface area contributed by atoms with Gasteiger partial charge < -0.3 is 10.2 Å². The zero-order valence-electron chi connectivity index (χ0n) is 12.9. The van der Waals surface area contributed by atoms with E-state index in [9.17, 15) is 17.6 Å². The number of nitrogens with zero attached hydrogens (tertiary/aromatic N) is 2. The molecule has 7 heteroatoms. The molecule has 1 aromatic carbocycles. The molecule has 1 aromatic heterocycles. The first-order valence-corrected chi connectivity index (χ1v) is 7.73. The Balaban J connectivity index is 1.67. The Labute approximate surface area is 137 Å². The van der Waals surface area contributed by atoms with Crippen LogP contribution in [0.4, 0.5) is 29.1 Å². The van der Waals surface area contributed by atoms with Gasteiger partial charge in [0.05, 0.1) is 11.3 Å². The molecule has 0 radical (unpaired) electrons. The van der Waals surface area contributed by atoms with E-state index in [-0.39, 0.29) is 17.7 Å². The first-order valence-electron chi connectivity index (χ1n) is 7.73. The predicted octanol–water partition coefficient (Wildman–Crippen LogP) is 4.32. The number of pyridine rings is 1. The summed E-state index contributed by atoms with van der Waals surface area (Å²) >= 11 is 0. The highest BCUT2D eigenvalue weighted by Gasteiger charge is 2.36. The molecule has 0 spiro atoms. The predicted molar refractivity (Wildman–Crippen MR) is 84.5 cm³/mol. The van der Waals surface area contributed by atoms with E-state index in [4.69, 9.17) is 0 Å². The van der Waals surface area contributed by atoms with Gasteiger partial charge in [-0.15, -0.1) is 0 Å². The second-order valence-corrected chi connectivity index (χ2v) is 5.76. The number of hydrogen-bond acceptors (Lipinski definition) is 3. The van der Waals surface area contributed by atoms with Gasteiger partial charge in [0.1, 0.15) is 11.6 Å². The summed E-state index contributed by atoms with van der Waals surface area (Å²) in [5.74, 6) is -0.363. The summed E-state index contributed by atoms with van der Waals surface area (Å²) in [5, 5.41) is 3.12. The van der Waals surface area contributed by atoms with Gasteiger partial charge in [-0.3, -0.25) is 0 Å². The number of halogens is 4. The molecule has 0 unspecified atom stereocenters. The lowest BCUT2D eigenvalue weighted by Crippen LogP contribution is -2.40. The van der Waals surface area contributed by atoms with Crippen molar-refractivity contribution in [3.05, 3.63) is 54.0 Å². The van der Waals surface area contributed by atoms with E-state index >= 15 is 0 Å². The largest absolute Gasteiger partial charge is 0.419 e. The zero-order valence-corrected chi connectivity index (χ0v) is 12.9. The van der Waals surface area contributed by atoms with Crippen LogP contribution in [0, 0.1) is 5.82 Å². The van der Waals surface area contributed by atoms with Crippen molar-refractivity contribution in [3.8, 4) is 0 Å². The van der Waals surface area contributed by atoms with Crippen molar-refractivity contribution >= 4 is 11.5 Å². The number of para-hydroxylation sites is 1. The van der Waals surface area contributed by atoms with Crippen LogP contribution >= 0.6 is 0 Å². The second kappa shape index (κ2) is 6.67. The first kappa shape index (κ1) is 16.5. The average molecular weight is 339 g/mol. The molecule has 24 heavy (non-hydrogen) atoms. The molecule has 3 nitrogen and oxygen atoms in total. The Bertz CT molecular complexity index is 694. The van der Waals surface area contributed by atoms with Crippen LogP contribution in [0.1, 0.15) is 18.4 Å². The van der Waals surface area contributed by atoms with Crippen LogP contribution in [0.3, 0.4) is 0 Å². The fraction of sp³-hybridized carbons (Fsp3) is 0.353. The van der Waals surface area contributed by atoms with E-state index in [2.05, 4.69) is 10.3 Å². The van der Waals surface area contributed by atoms with E-state index in [1.165, 1.54) is 18.3 Å². The highest BCUT2D eigenvalue weighted by atomic mass is 19.4. The van der Waals surface area contributed by atoms with Crippen molar-refractivity contribution in [2.24, 2.45) is 0 Å². The number of anilines is 2. The molecule has 0 atom stereocenters. The van der Waals surface area contributed by atoms with Gasteiger partial charge >= 0.3 is 6.18 Å². The van der Waals surface area contributed by atoms with E-state index in [0.29, 0.717) is 31.6 Å². The van der Waals surface area contributed by atoms with Crippen molar-refractivity contribution in [2.45, 2.75) is 25.1 Å². The number of hydrogen-bond donors (Lipinski definition) is 1. The maximum atomic E-state index is 13.7. The Morgan fingerprint density at radius 1 is 1.04 bits per heavy atom. The van der Waals surface area contributed by atoms with Crippen molar-refractivity contribution in [3.63, 3.8) is 0 Å². The Hall–Kier alpha value is -2.31. The fourth-order valence-electron chi connectivity index (χ4n) is 2.90. The minimum absolute atomic E-state index is 0.0243. The molecule has 0 bridgehead atoms. The van der Waals surface area contributed by atoms with Crippen molar-refractivity contribution in [1.29, 1.82) is 0 Å². The minimum Gasteiger partial charge on any atom is -0.380 e. The summed E-state index contributed by atoms with van der Waals surface area (Å²) in [6.45, 7) is 0.873. The molecule has 3 rings (SSSR count). The highest BCUT2D eigenvalue weighted by molar-refractivity contribution is 5.50. The van der Waals surface area contributed by atoms with E-state index in [0.717, 1.165) is 6.07 Å². The van der Waals surface area contributed by atoms with Crippen LogP contribution in [-0.4, -0.2) is 24.1 Å². The van der Waals surface area contributed by atoms with E-state index in [1.807, 2.05) is 0 Å². The lowest BCUT2D eigenvalue weighted by atomic mass is 10.0. The smallest absolute Gasteiger partial charge is 0.380 e. The second-order valence-electron chi connectivity index (χ2n) is 5.76. The quantitative estimate of drug-likeness (QED) is 0.844. The Morgan fingerprint density at radius 2 is 1.75 bits per heavy atom. The Morgan fingerprint density at radius 3 is 2.42 bits per heavy atom. The third-order valence-electron chi connectivity index (χ3n) is 4.12. The van der Waals surface area contributed by atoms with Gasteiger partial charge in [-0.25, -0.2) is 9.37 Å². The van der Waals surface area contributed by atoms with Gasteiger partial charge in [0.25, 0.3) is 0 Å². The van der Waals surface area contributed by atoms with E-state index < -0.39 is 11.7 Å². The normalized spacial score (nSPS) is 16.2. The summed E-state index contributed by atoms with van der Waals surface area (Å²) in [7, 11) is 0. The SMILES string of the molecule is Fc1ccccc1NC1CCN(c2ncccc2C(F)(F)F)CC1. The maximum absolute atomic E-state index is 13.7. The van der Waals surface area contributed by atoms with Gasteiger partial charge in [-0.1, -0.05) is 12.1 Å². The molecule has 2 aromatic rings. The van der Waals surface area contributed by atoms with Gasteiger partial charge in [-0.2, -0.15) is 13.2 Å². The average Bonchev–Trinajstić information content (AvgIpc) is 2.57. The lowest BCUT2D eigenvalue weighted by Gasteiger charge is -2.34. The highest BCUT2D eigenvalue weighted by Crippen LogP contribution is 2.36. The lowest BCUT2D eigenvalue weighted by molar-refractivity contribution is -0.137. The van der Waals surface area contributed by atoms with Gasteiger partial charge in [0, 0.05) is 25.3 Å². The molecule has 2 heterocycles. The summed E-state index contributed by atoms with van der Waals surface area (Å²) in [5.41, 5.74) is -0.296. The van der Waals surface area contributed by atoms with Crippen LogP contribution in [0.2, 0.25) is 0 Å². The van der Waals surface area contributed by atoms with Crippen LogP contribution in [-0.2, 0) is 6.18 Å². The van der Waals surface area contributed by atoms with Gasteiger partial charge in [0.2, 0.25) is 0 Å². The number of aromatic nitrogens is 1. The number of rotatable bonds is 3. The first-order chi connectivity index (χ1) is 11.4. The monoisotopic (exact) mass is 339 g/mol.